The van der Waals surface area contributed by atoms with Crippen LogP contribution in [0.15, 0.2) is 12.2 Å². The summed E-state index contributed by atoms with van der Waals surface area (Å²) in [4.78, 5) is 0. The summed E-state index contributed by atoms with van der Waals surface area (Å²) in [7, 11) is -1.78. The summed E-state index contributed by atoms with van der Waals surface area (Å²) >= 11 is 0. The highest BCUT2D eigenvalue weighted by molar-refractivity contribution is 6.84. The molecule has 1 aliphatic carbocycles. The van der Waals surface area contributed by atoms with E-state index >= 15 is 0 Å². The van der Waals surface area contributed by atoms with E-state index in [1.54, 1.807) is 0 Å². The smallest absolute Gasteiger partial charge is 0.215 e. The number of allylic oxidation sites excluding steroid dienone is 1. The molecule has 0 aromatic heterocycles. The van der Waals surface area contributed by atoms with Crippen LogP contribution >= 0.6 is 0 Å². The van der Waals surface area contributed by atoms with Crippen molar-refractivity contribution in [1.29, 1.82) is 0 Å². The molecule has 0 bridgehead atoms. The Labute approximate surface area is 108 Å². The molecule has 1 aliphatic heterocycles. The lowest BCUT2D eigenvalue weighted by molar-refractivity contribution is 0.114. The molecule has 1 saturated heterocycles. The summed E-state index contributed by atoms with van der Waals surface area (Å²) in [6.07, 6.45) is 8.90. The summed E-state index contributed by atoms with van der Waals surface area (Å²) in [6.45, 7) is 15.4. The fourth-order valence-corrected chi connectivity index (χ4v) is 12.6. The van der Waals surface area contributed by atoms with E-state index in [1.165, 1.54) is 19.3 Å². The van der Waals surface area contributed by atoms with Crippen LogP contribution in [0.5, 0.6) is 0 Å². The van der Waals surface area contributed by atoms with Gasteiger partial charge in [0, 0.05) is 11.6 Å². The molecule has 17 heavy (non-hydrogen) atoms. The first-order valence-electron chi connectivity index (χ1n) is 6.98. The lowest BCUT2D eigenvalue weighted by Crippen LogP contribution is -2.72. The van der Waals surface area contributed by atoms with Gasteiger partial charge in [0.2, 0.25) is 8.32 Å². The Kier molecular flexibility index (Phi) is 2.91. The number of hydrogen-bond acceptors (Lipinski definition) is 1. The van der Waals surface area contributed by atoms with Gasteiger partial charge in [-0.15, -0.1) is 0 Å². The van der Waals surface area contributed by atoms with Gasteiger partial charge in [-0.25, -0.2) is 0 Å². The van der Waals surface area contributed by atoms with Crippen molar-refractivity contribution in [3.63, 3.8) is 0 Å². The predicted octanol–water partition coefficient (Wildman–Crippen LogP) is 5.04. The maximum absolute atomic E-state index is 6.43. The molecule has 0 aromatic carbocycles. The van der Waals surface area contributed by atoms with E-state index in [2.05, 4.69) is 53.7 Å². The van der Waals surface area contributed by atoms with E-state index in [0.717, 1.165) is 6.61 Å². The van der Waals surface area contributed by atoms with Crippen LogP contribution in [-0.4, -0.2) is 14.9 Å². The lowest BCUT2D eigenvalue weighted by Gasteiger charge is -2.68. The van der Waals surface area contributed by atoms with Crippen molar-refractivity contribution in [2.24, 2.45) is 0 Å². The molecule has 1 atom stereocenters. The largest absolute Gasteiger partial charge is 0.414 e. The van der Waals surface area contributed by atoms with Crippen LogP contribution in [0.4, 0.5) is 0 Å². The molecule has 98 valence electrons. The first-order chi connectivity index (χ1) is 7.66. The third kappa shape index (κ3) is 1.60. The van der Waals surface area contributed by atoms with E-state index < -0.39 is 8.32 Å². The zero-order valence-corrected chi connectivity index (χ0v) is 13.4. The Bertz CT molecular complexity index is 318. The van der Waals surface area contributed by atoms with Gasteiger partial charge in [0.1, 0.15) is 0 Å². The zero-order valence-electron chi connectivity index (χ0n) is 12.4. The van der Waals surface area contributed by atoms with Crippen LogP contribution < -0.4 is 0 Å². The van der Waals surface area contributed by atoms with Crippen molar-refractivity contribution in [2.75, 3.05) is 6.61 Å². The Hall–Kier alpha value is -0.0831. The first kappa shape index (κ1) is 13.4. The normalized spacial score (nSPS) is 32.6. The van der Waals surface area contributed by atoms with E-state index in [-0.39, 0.29) is 0 Å². The van der Waals surface area contributed by atoms with Gasteiger partial charge in [0.25, 0.3) is 0 Å². The van der Waals surface area contributed by atoms with Gasteiger partial charge in [0.05, 0.1) is 0 Å². The van der Waals surface area contributed by atoms with Crippen molar-refractivity contribution in [3.05, 3.63) is 12.2 Å². The van der Waals surface area contributed by atoms with Gasteiger partial charge in [-0.1, -0.05) is 53.7 Å². The second-order valence-electron chi connectivity index (χ2n) is 7.92. The minimum atomic E-state index is -1.78. The molecule has 0 N–H and O–H groups in total. The summed E-state index contributed by atoms with van der Waals surface area (Å²) in [5.74, 6) is 0. The molecule has 0 amide bonds. The first-order valence-corrected chi connectivity index (χ1v) is 8.89. The molecule has 2 heteroatoms. The van der Waals surface area contributed by atoms with Crippen molar-refractivity contribution in [2.45, 2.75) is 75.9 Å². The third-order valence-corrected chi connectivity index (χ3v) is 11.6. The minimum Gasteiger partial charge on any atom is -0.414 e. The predicted molar refractivity (Wildman–Crippen MR) is 76.8 cm³/mol. The highest BCUT2D eigenvalue weighted by Crippen LogP contribution is 2.71. The quantitative estimate of drug-likeness (QED) is 0.433. The highest BCUT2D eigenvalue weighted by Gasteiger charge is 2.72. The van der Waals surface area contributed by atoms with Crippen molar-refractivity contribution >= 4 is 8.32 Å². The Morgan fingerprint density at radius 3 is 1.94 bits per heavy atom. The number of hydrogen-bond donors (Lipinski definition) is 0. The van der Waals surface area contributed by atoms with Gasteiger partial charge in [-0.2, -0.15) is 0 Å². The maximum Gasteiger partial charge on any atom is 0.215 e. The van der Waals surface area contributed by atoms with Gasteiger partial charge in [-0.3, -0.25) is 0 Å². The standard InChI is InChI=1S/C15H28OSi/c1-13(2,3)17(14(4,5)6)15(12-16-17)10-8-7-9-11-15/h8,10H,7,9,11-12H2,1-6H3/t15-/m1/s1. The summed E-state index contributed by atoms with van der Waals surface area (Å²) in [6, 6.07) is 0. The van der Waals surface area contributed by atoms with Crippen LogP contribution in [0.2, 0.25) is 15.1 Å². The van der Waals surface area contributed by atoms with Gasteiger partial charge in [0.15, 0.2) is 0 Å². The fraction of sp³-hybridized carbons (Fsp3) is 0.867. The van der Waals surface area contributed by atoms with E-state index in [9.17, 15) is 0 Å². The van der Waals surface area contributed by atoms with E-state index in [1.807, 2.05) is 0 Å². The van der Waals surface area contributed by atoms with Crippen molar-refractivity contribution < 1.29 is 4.43 Å². The van der Waals surface area contributed by atoms with Crippen molar-refractivity contribution in [3.8, 4) is 0 Å². The van der Waals surface area contributed by atoms with Gasteiger partial charge >= 0.3 is 0 Å². The second-order valence-corrected chi connectivity index (χ2v) is 13.6. The second kappa shape index (κ2) is 3.71. The Morgan fingerprint density at radius 1 is 1.06 bits per heavy atom. The van der Waals surface area contributed by atoms with Gasteiger partial charge in [-0.05, 0) is 29.3 Å². The highest BCUT2D eigenvalue weighted by atomic mass is 28.4. The Balaban J connectivity index is 2.50. The zero-order chi connectivity index (χ0) is 12.9. The molecule has 0 saturated carbocycles. The molecule has 1 nitrogen and oxygen atoms in total. The molecule has 0 radical (unpaired) electrons. The molecular weight excluding hydrogens is 224 g/mol. The fourth-order valence-electron chi connectivity index (χ4n) is 4.79. The van der Waals surface area contributed by atoms with E-state index in [4.69, 9.17) is 4.43 Å². The number of rotatable bonds is 0. The third-order valence-electron chi connectivity index (χ3n) is 4.79. The molecule has 1 fully saturated rings. The maximum atomic E-state index is 6.43. The SMILES string of the molecule is CC(C)(C)[Si]1(C(C)(C)C)OC[C@]12C=CCCC2. The van der Waals surface area contributed by atoms with Crippen LogP contribution in [-0.2, 0) is 4.43 Å². The summed E-state index contributed by atoms with van der Waals surface area (Å²) in [5, 5.41) is 1.04. The summed E-state index contributed by atoms with van der Waals surface area (Å²) < 4.78 is 6.43. The van der Waals surface area contributed by atoms with E-state index in [0.29, 0.717) is 15.1 Å². The molecule has 0 unspecified atom stereocenters. The average molecular weight is 252 g/mol. The summed E-state index contributed by atoms with van der Waals surface area (Å²) in [5.41, 5.74) is 0. The molecule has 1 heterocycles. The molecular formula is C15H28OSi. The van der Waals surface area contributed by atoms with Crippen LogP contribution in [0.1, 0.15) is 60.8 Å². The van der Waals surface area contributed by atoms with Crippen LogP contribution in [0, 0.1) is 0 Å². The molecule has 2 aliphatic rings. The lowest BCUT2D eigenvalue weighted by atomic mass is 9.95. The minimum absolute atomic E-state index is 0.311. The molecule has 0 aromatic rings. The van der Waals surface area contributed by atoms with Gasteiger partial charge < -0.3 is 4.43 Å². The monoisotopic (exact) mass is 252 g/mol. The Morgan fingerprint density at radius 2 is 1.65 bits per heavy atom. The molecule has 2 rings (SSSR count). The average Bonchev–Trinajstić information content (AvgIpc) is 2.13. The molecule has 1 spiro atoms. The van der Waals surface area contributed by atoms with Crippen LogP contribution in [0.25, 0.3) is 0 Å². The van der Waals surface area contributed by atoms with Crippen LogP contribution in [0.3, 0.4) is 0 Å². The topological polar surface area (TPSA) is 9.23 Å². The van der Waals surface area contributed by atoms with Crippen molar-refractivity contribution in [1.82, 2.24) is 0 Å².